The Balaban J connectivity index is 1.89. The Kier molecular flexibility index (Phi) is 4.47. The van der Waals surface area contributed by atoms with Crippen molar-refractivity contribution in [1.29, 1.82) is 0 Å². The van der Waals surface area contributed by atoms with E-state index >= 15 is 0 Å². The number of nitrogens with one attached hydrogen (secondary N) is 1. The van der Waals surface area contributed by atoms with Crippen LogP contribution in [-0.2, 0) is 10.0 Å². The van der Waals surface area contributed by atoms with Crippen molar-refractivity contribution in [1.82, 2.24) is 9.97 Å². The van der Waals surface area contributed by atoms with Gasteiger partial charge in [-0.25, -0.2) is 8.42 Å². The van der Waals surface area contributed by atoms with E-state index in [-0.39, 0.29) is 5.69 Å². The third kappa shape index (κ3) is 3.24. The summed E-state index contributed by atoms with van der Waals surface area (Å²) in [6, 6.07) is 10.5. The van der Waals surface area contributed by atoms with Gasteiger partial charge < -0.3 is 0 Å². The Hall–Kier alpha value is -4.19. The Morgan fingerprint density at radius 3 is 2.27 bits per heavy atom. The standard InChI is InChI=1S/C18H11N5O6S/c24-22(25)12-5-6-16(15(10-12)23(26)27)30(28,29)21-14-9-11-3-1-7-19-17(11)18-13(14)4-2-8-20-18/h1-10,21H. The van der Waals surface area contributed by atoms with Crippen molar-refractivity contribution in [2.24, 2.45) is 0 Å². The SMILES string of the molecule is O=[N+]([O-])c1ccc(S(=O)(=O)Nc2cc3cccnc3c3ncccc23)c([N+](=O)[O-])c1. The van der Waals surface area contributed by atoms with E-state index in [9.17, 15) is 28.6 Å². The first-order chi connectivity index (χ1) is 14.3. The molecule has 0 radical (unpaired) electrons. The number of anilines is 1. The normalized spacial score (nSPS) is 11.5. The minimum absolute atomic E-state index is 0.145. The summed E-state index contributed by atoms with van der Waals surface area (Å²) in [5.41, 5.74) is -0.330. The predicted octanol–water partition coefficient (Wildman–Crippen LogP) is 3.40. The smallest absolute Gasteiger partial charge is 0.279 e. The van der Waals surface area contributed by atoms with E-state index in [2.05, 4.69) is 14.7 Å². The van der Waals surface area contributed by atoms with Gasteiger partial charge in [0.2, 0.25) is 0 Å². The molecule has 0 fully saturated rings. The number of aromatic nitrogens is 2. The van der Waals surface area contributed by atoms with Crippen LogP contribution in [0.4, 0.5) is 17.1 Å². The topological polar surface area (TPSA) is 158 Å². The largest absolute Gasteiger partial charge is 0.296 e. The molecular weight excluding hydrogens is 414 g/mol. The quantitative estimate of drug-likeness (QED) is 0.289. The summed E-state index contributed by atoms with van der Waals surface area (Å²) < 4.78 is 28.3. The van der Waals surface area contributed by atoms with E-state index in [0.717, 1.165) is 12.1 Å². The van der Waals surface area contributed by atoms with Gasteiger partial charge in [0.05, 0.1) is 32.6 Å². The second-order valence-electron chi connectivity index (χ2n) is 6.17. The molecule has 0 spiro atoms. The van der Waals surface area contributed by atoms with Crippen molar-refractivity contribution in [3.8, 4) is 0 Å². The zero-order chi connectivity index (χ0) is 21.5. The van der Waals surface area contributed by atoms with Crippen molar-refractivity contribution in [3.05, 3.63) is 81.2 Å². The third-order valence-corrected chi connectivity index (χ3v) is 5.76. The van der Waals surface area contributed by atoms with E-state index < -0.39 is 36.1 Å². The van der Waals surface area contributed by atoms with Gasteiger partial charge in [0, 0.05) is 29.2 Å². The molecule has 0 saturated heterocycles. The van der Waals surface area contributed by atoms with Crippen LogP contribution in [0.5, 0.6) is 0 Å². The highest BCUT2D eigenvalue weighted by atomic mass is 32.2. The Morgan fingerprint density at radius 1 is 0.867 bits per heavy atom. The molecule has 0 aliphatic heterocycles. The molecule has 12 heteroatoms. The highest BCUT2D eigenvalue weighted by molar-refractivity contribution is 7.92. The molecule has 2 heterocycles. The van der Waals surface area contributed by atoms with E-state index in [4.69, 9.17) is 0 Å². The number of sulfonamides is 1. The van der Waals surface area contributed by atoms with Crippen LogP contribution in [0.2, 0.25) is 0 Å². The van der Waals surface area contributed by atoms with Crippen LogP contribution in [0.25, 0.3) is 21.8 Å². The van der Waals surface area contributed by atoms with Crippen LogP contribution in [0.1, 0.15) is 0 Å². The fraction of sp³-hybridized carbons (Fsp3) is 0. The average molecular weight is 425 g/mol. The minimum Gasteiger partial charge on any atom is -0.279 e. The molecule has 0 unspecified atom stereocenters. The van der Waals surface area contributed by atoms with Gasteiger partial charge in [-0.15, -0.1) is 0 Å². The van der Waals surface area contributed by atoms with Crippen molar-refractivity contribution in [3.63, 3.8) is 0 Å². The van der Waals surface area contributed by atoms with Gasteiger partial charge in [0.1, 0.15) is 0 Å². The Morgan fingerprint density at radius 2 is 1.57 bits per heavy atom. The van der Waals surface area contributed by atoms with E-state index in [1.54, 1.807) is 36.5 Å². The lowest BCUT2D eigenvalue weighted by Crippen LogP contribution is -2.15. The van der Waals surface area contributed by atoms with Crippen molar-refractivity contribution in [2.75, 3.05) is 4.72 Å². The van der Waals surface area contributed by atoms with Crippen molar-refractivity contribution < 1.29 is 18.3 Å². The lowest BCUT2D eigenvalue weighted by molar-refractivity contribution is -0.396. The fourth-order valence-corrected chi connectivity index (χ4v) is 4.27. The molecule has 2 aromatic heterocycles. The molecule has 2 aromatic carbocycles. The average Bonchev–Trinajstić information content (AvgIpc) is 2.73. The van der Waals surface area contributed by atoms with Gasteiger partial charge in [-0.1, -0.05) is 6.07 Å². The van der Waals surface area contributed by atoms with Crippen LogP contribution in [0.15, 0.2) is 65.8 Å². The Bertz CT molecular complexity index is 1450. The zero-order valence-electron chi connectivity index (χ0n) is 14.9. The summed E-state index contributed by atoms with van der Waals surface area (Å²) >= 11 is 0. The summed E-state index contributed by atoms with van der Waals surface area (Å²) in [4.78, 5) is 28.3. The van der Waals surface area contributed by atoms with E-state index in [1.165, 1.54) is 6.20 Å². The third-order valence-electron chi connectivity index (χ3n) is 4.34. The molecule has 1 N–H and O–H groups in total. The van der Waals surface area contributed by atoms with Gasteiger partial charge in [0.15, 0.2) is 4.90 Å². The summed E-state index contributed by atoms with van der Waals surface area (Å²) in [5, 5.41) is 23.3. The summed E-state index contributed by atoms with van der Waals surface area (Å²) in [7, 11) is -4.45. The van der Waals surface area contributed by atoms with Gasteiger partial charge >= 0.3 is 0 Å². The number of benzene rings is 2. The lowest BCUT2D eigenvalue weighted by atomic mass is 10.1. The molecule has 4 rings (SSSR count). The number of nitro benzene ring substituents is 2. The molecule has 0 amide bonds. The number of non-ortho nitro benzene ring substituents is 1. The first-order valence-corrected chi connectivity index (χ1v) is 9.84. The van der Waals surface area contributed by atoms with Crippen molar-refractivity contribution >= 4 is 48.9 Å². The second-order valence-corrected chi connectivity index (χ2v) is 7.82. The maximum atomic E-state index is 13.0. The lowest BCUT2D eigenvalue weighted by Gasteiger charge is -2.12. The van der Waals surface area contributed by atoms with Crippen LogP contribution in [0, 0.1) is 20.2 Å². The summed E-state index contributed by atoms with van der Waals surface area (Å²) in [5.74, 6) is 0. The number of nitrogens with zero attached hydrogens (tertiary/aromatic N) is 4. The molecule has 0 saturated carbocycles. The van der Waals surface area contributed by atoms with Gasteiger partial charge in [-0.2, -0.15) is 0 Å². The maximum Gasteiger partial charge on any atom is 0.296 e. The van der Waals surface area contributed by atoms with Crippen molar-refractivity contribution in [2.45, 2.75) is 4.90 Å². The van der Waals surface area contributed by atoms with Crippen LogP contribution < -0.4 is 4.72 Å². The molecule has 0 aliphatic rings. The summed E-state index contributed by atoms with van der Waals surface area (Å²) in [6.07, 6.45) is 3.12. The number of hydrogen-bond acceptors (Lipinski definition) is 8. The van der Waals surface area contributed by atoms with Gasteiger partial charge in [0.25, 0.3) is 21.4 Å². The molecule has 0 aliphatic carbocycles. The monoisotopic (exact) mass is 425 g/mol. The number of hydrogen-bond donors (Lipinski definition) is 1. The number of pyridine rings is 2. The zero-order valence-corrected chi connectivity index (χ0v) is 15.7. The number of nitro groups is 2. The minimum atomic E-state index is -4.45. The molecule has 0 atom stereocenters. The van der Waals surface area contributed by atoms with Gasteiger partial charge in [-0.3, -0.25) is 34.9 Å². The van der Waals surface area contributed by atoms with Crippen LogP contribution in [0.3, 0.4) is 0 Å². The van der Waals surface area contributed by atoms with Crippen LogP contribution in [-0.4, -0.2) is 28.2 Å². The molecule has 150 valence electrons. The molecule has 0 bridgehead atoms. The van der Waals surface area contributed by atoms with Gasteiger partial charge in [-0.05, 0) is 30.3 Å². The maximum absolute atomic E-state index is 13.0. The Labute approximate surface area is 168 Å². The highest BCUT2D eigenvalue weighted by Gasteiger charge is 2.29. The second kappa shape index (κ2) is 7.00. The summed E-state index contributed by atoms with van der Waals surface area (Å²) in [6.45, 7) is 0. The molecular formula is C18H11N5O6S. The number of rotatable bonds is 5. The molecule has 11 nitrogen and oxygen atoms in total. The van der Waals surface area contributed by atoms with Crippen LogP contribution >= 0.6 is 0 Å². The first-order valence-electron chi connectivity index (χ1n) is 8.36. The first kappa shape index (κ1) is 19.1. The molecule has 30 heavy (non-hydrogen) atoms. The number of fused-ring (bicyclic) bond motifs is 3. The fourth-order valence-electron chi connectivity index (χ4n) is 3.05. The highest BCUT2D eigenvalue weighted by Crippen LogP contribution is 2.33. The van der Waals surface area contributed by atoms with E-state index in [1.807, 2.05) is 0 Å². The molecule has 4 aromatic rings. The van der Waals surface area contributed by atoms with E-state index in [0.29, 0.717) is 27.9 Å². The predicted molar refractivity (Wildman–Crippen MR) is 108 cm³/mol.